The standard InChI is InChI=1S/C31H41N3O3/c1-4-33(5-2)19-9-18-32-30(35)26-16-14-24(15-17-26)21-29-31(36)34(22-25-11-8-10-23(3)20-25)27-12-6-7-13-28(27)37-29/h8,10-11,14-17,20-21,27-28H,4-7,9,12-13,18-19,22H2,1-3H3,(H,32,35)/b29-21+. The summed E-state index contributed by atoms with van der Waals surface area (Å²) in [6, 6.07) is 15.9. The second kappa shape index (κ2) is 12.9. The molecule has 2 aromatic rings. The fourth-order valence-electron chi connectivity index (χ4n) is 5.40. The van der Waals surface area contributed by atoms with E-state index in [1.165, 1.54) is 5.56 Å². The van der Waals surface area contributed by atoms with Gasteiger partial charge in [0.25, 0.3) is 11.8 Å². The van der Waals surface area contributed by atoms with Gasteiger partial charge in [-0.15, -0.1) is 0 Å². The summed E-state index contributed by atoms with van der Waals surface area (Å²) in [5.41, 5.74) is 3.81. The molecule has 2 aliphatic rings. The highest BCUT2D eigenvalue weighted by Gasteiger charge is 2.41. The lowest BCUT2D eigenvalue weighted by Crippen LogP contribution is -2.54. The van der Waals surface area contributed by atoms with Crippen LogP contribution in [0.15, 0.2) is 54.3 Å². The second-order valence-electron chi connectivity index (χ2n) is 10.2. The van der Waals surface area contributed by atoms with Crippen molar-refractivity contribution >= 4 is 17.9 Å². The molecule has 1 aliphatic carbocycles. The molecule has 2 fully saturated rings. The van der Waals surface area contributed by atoms with Crippen LogP contribution in [0.1, 0.15) is 73.0 Å². The van der Waals surface area contributed by atoms with E-state index in [9.17, 15) is 9.59 Å². The highest BCUT2D eigenvalue weighted by Crippen LogP contribution is 2.34. The number of nitrogens with one attached hydrogen (secondary N) is 1. The van der Waals surface area contributed by atoms with Crippen LogP contribution in [-0.4, -0.2) is 59.9 Å². The van der Waals surface area contributed by atoms with Gasteiger partial charge in [-0.25, -0.2) is 0 Å². The zero-order valence-electron chi connectivity index (χ0n) is 22.5. The van der Waals surface area contributed by atoms with Gasteiger partial charge in [0, 0.05) is 18.7 Å². The van der Waals surface area contributed by atoms with E-state index in [1.54, 1.807) is 0 Å². The first-order valence-electron chi connectivity index (χ1n) is 13.8. The van der Waals surface area contributed by atoms with Crippen LogP contribution in [0.25, 0.3) is 6.08 Å². The number of hydrogen-bond acceptors (Lipinski definition) is 4. The Morgan fingerprint density at radius 2 is 1.86 bits per heavy atom. The van der Waals surface area contributed by atoms with Gasteiger partial charge in [-0.1, -0.05) is 62.2 Å². The van der Waals surface area contributed by atoms with E-state index in [-0.39, 0.29) is 24.0 Å². The fraction of sp³-hybridized carbons (Fsp3) is 0.484. The van der Waals surface area contributed by atoms with Gasteiger partial charge >= 0.3 is 0 Å². The molecule has 0 aromatic heterocycles. The molecular weight excluding hydrogens is 462 g/mol. The Morgan fingerprint density at radius 1 is 1.11 bits per heavy atom. The lowest BCUT2D eigenvalue weighted by atomic mass is 9.89. The smallest absolute Gasteiger partial charge is 0.289 e. The number of benzene rings is 2. The highest BCUT2D eigenvalue weighted by atomic mass is 16.5. The summed E-state index contributed by atoms with van der Waals surface area (Å²) < 4.78 is 6.27. The number of ether oxygens (including phenoxy) is 1. The molecule has 0 radical (unpaired) electrons. The molecule has 6 nitrogen and oxygen atoms in total. The SMILES string of the molecule is CCN(CC)CCCNC(=O)c1ccc(/C=C2/OC3CCCCC3N(Cc3cccc(C)c3)C2=O)cc1. The van der Waals surface area contributed by atoms with E-state index in [0.29, 0.717) is 24.4 Å². The third-order valence-corrected chi connectivity index (χ3v) is 7.56. The van der Waals surface area contributed by atoms with Gasteiger partial charge in [0.1, 0.15) is 6.10 Å². The lowest BCUT2D eigenvalue weighted by Gasteiger charge is -2.44. The Balaban J connectivity index is 1.42. The number of rotatable bonds is 10. The van der Waals surface area contributed by atoms with E-state index in [2.05, 4.69) is 49.2 Å². The lowest BCUT2D eigenvalue weighted by molar-refractivity contribution is -0.149. The maximum Gasteiger partial charge on any atom is 0.289 e. The highest BCUT2D eigenvalue weighted by molar-refractivity contribution is 5.97. The van der Waals surface area contributed by atoms with Crippen molar-refractivity contribution < 1.29 is 14.3 Å². The first kappa shape index (κ1) is 26.9. The summed E-state index contributed by atoms with van der Waals surface area (Å²) in [6.07, 6.45) is 6.98. The van der Waals surface area contributed by atoms with Crippen LogP contribution in [0.4, 0.5) is 0 Å². The zero-order valence-corrected chi connectivity index (χ0v) is 22.5. The van der Waals surface area contributed by atoms with Gasteiger partial charge in [-0.2, -0.15) is 0 Å². The number of carbonyl (C=O) groups excluding carboxylic acids is 2. The number of hydrogen-bond donors (Lipinski definition) is 1. The van der Waals surface area contributed by atoms with Crippen LogP contribution in [0.2, 0.25) is 0 Å². The third kappa shape index (κ3) is 7.01. The van der Waals surface area contributed by atoms with Crippen molar-refractivity contribution in [3.63, 3.8) is 0 Å². The molecule has 0 bridgehead atoms. The molecule has 2 atom stereocenters. The average Bonchev–Trinajstić information content (AvgIpc) is 2.91. The third-order valence-electron chi connectivity index (χ3n) is 7.56. The maximum absolute atomic E-state index is 13.6. The van der Waals surface area contributed by atoms with Gasteiger partial charge in [0.05, 0.1) is 6.04 Å². The molecular formula is C31H41N3O3. The molecule has 37 heavy (non-hydrogen) atoms. The molecule has 6 heteroatoms. The predicted octanol–water partition coefficient (Wildman–Crippen LogP) is 5.17. The average molecular weight is 504 g/mol. The number of nitrogens with zero attached hydrogens (tertiary/aromatic N) is 2. The Hall–Kier alpha value is -3.12. The van der Waals surface area contributed by atoms with Crippen LogP contribution < -0.4 is 5.32 Å². The topological polar surface area (TPSA) is 61.9 Å². The number of aryl methyl sites for hydroxylation is 1. The normalized spacial score (nSPS) is 20.6. The van der Waals surface area contributed by atoms with Crippen LogP contribution in [0.5, 0.6) is 0 Å². The van der Waals surface area contributed by atoms with Gasteiger partial charge in [-0.3, -0.25) is 9.59 Å². The summed E-state index contributed by atoms with van der Waals surface area (Å²) in [7, 11) is 0. The van der Waals surface area contributed by atoms with Crippen LogP contribution in [-0.2, 0) is 16.1 Å². The molecule has 2 aromatic carbocycles. The Labute approximate surface area is 221 Å². The number of carbonyl (C=O) groups is 2. The minimum atomic E-state index is -0.0712. The first-order valence-corrected chi connectivity index (χ1v) is 13.8. The molecule has 1 N–H and O–H groups in total. The van der Waals surface area contributed by atoms with E-state index < -0.39 is 0 Å². The molecule has 2 amide bonds. The van der Waals surface area contributed by atoms with Crippen molar-refractivity contribution in [1.82, 2.24) is 15.1 Å². The summed E-state index contributed by atoms with van der Waals surface area (Å²) in [5, 5.41) is 3.01. The van der Waals surface area contributed by atoms with E-state index in [1.807, 2.05) is 41.3 Å². The van der Waals surface area contributed by atoms with Gasteiger partial charge < -0.3 is 19.9 Å². The molecule has 0 spiro atoms. The fourth-order valence-corrected chi connectivity index (χ4v) is 5.40. The largest absolute Gasteiger partial charge is 0.482 e. The van der Waals surface area contributed by atoms with Gasteiger partial charge in [0.15, 0.2) is 5.76 Å². The van der Waals surface area contributed by atoms with E-state index >= 15 is 0 Å². The minimum Gasteiger partial charge on any atom is -0.482 e. The molecule has 1 saturated heterocycles. The van der Waals surface area contributed by atoms with Gasteiger partial charge in [0.2, 0.25) is 0 Å². The zero-order chi connectivity index (χ0) is 26.2. The van der Waals surface area contributed by atoms with E-state index in [0.717, 1.165) is 62.9 Å². The van der Waals surface area contributed by atoms with Crippen molar-refractivity contribution in [3.8, 4) is 0 Å². The number of morpholine rings is 1. The molecule has 1 saturated carbocycles. The van der Waals surface area contributed by atoms with Crippen LogP contribution >= 0.6 is 0 Å². The summed E-state index contributed by atoms with van der Waals surface area (Å²) in [6.45, 7) is 10.7. The predicted molar refractivity (Wildman–Crippen MR) is 148 cm³/mol. The Bertz CT molecular complexity index is 1090. The maximum atomic E-state index is 13.6. The first-order chi connectivity index (χ1) is 18.0. The van der Waals surface area contributed by atoms with Crippen LogP contribution in [0, 0.1) is 6.92 Å². The summed E-state index contributed by atoms with van der Waals surface area (Å²) in [5.74, 6) is 0.266. The van der Waals surface area contributed by atoms with Crippen molar-refractivity contribution in [1.29, 1.82) is 0 Å². The molecule has 1 aliphatic heterocycles. The molecule has 198 valence electrons. The molecule has 1 heterocycles. The Kier molecular flexibility index (Phi) is 9.40. The second-order valence-corrected chi connectivity index (χ2v) is 10.2. The van der Waals surface area contributed by atoms with Gasteiger partial charge in [-0.05, 0) is 81.6 Å². The number of fused-ring (bicyclic) bond motifs is 1. The van der Waals surface area contributed by atoms with Crippen molar-refractivity contribution in [2.45, 2.75) is 71.6 Å². The van der Waals surface area contributed by atoms with Crippen molar-refractivity contribution in [2.24, 2.45) is 0 Å². The number of amides is 2. The van der Waals surface area contributed by atoms with Crippen molar-refractivity contribution in [2.75, 3.05) is 26.2 Å². The summed E-state index contributed by atoms with van der Waals surface area (Å²) in [4.78, 5) is 30.5. The van der Waals surface area contributed by atoms with Crippen LogP contribution in [0.3, 0.4) is 0 Å². The van der Waals surface area contributed by atoms with E-state index in [4.69, 9.17) is 4.74 Å². The molecule has 4 rings (SSSR count). The minimum absolute atomic E-state index is 0.0314. The monoisotopic (exact) mass is 503 g/mol. The summed E-state index contributed by atoms with van der Waals surface area (Å²) >= 11 is 0. The quantitative estimate of drug-likeness (QED) is 0.359. The Morgan fingerprint density at radius 3 is 2.59 bits per heavy atom. The molecule has 2 unspecified atom stereocenters. The van der Waals surface area contributed by atoms with Crippen molar-refractivity contribution in [3.05, 3.63) is 76.5 Å².